The molecule has 1 heterocycles. The number of thiazole rings is 1. The minimum absolute atomic E-state index is 0.0848. The van der Waals surface area contributed by atoms with E-state index in [0.29, 0.717) is 0 Å². The van der Waals surface area contributed by atoms with Crippen molar-refractivity contribution in [1.82, 2.24) is 4.98 Å². The fourth-order valence-electron chi connectivity index (χ4n) is 1.73. The van der Waals surface area contributed by atoms with Crippen molar-refractivity contribution in [3.8, 4) is 5.75 Å². The first kappa shape index (κ1) is 13.1. The average Bonchev–Trinajstić information content (AvgIpc) is 2.75. The molecule has 3 nitrogen and oxygen atoms in total. The van der Waals surface area contributed by atoms with Gasteiger partial charge in [0, 0.05) is 11.8 Å². The first-order chi connectivity index (χ1) is 8.58. The van der Waals surface area contributed by atoms with Crippen molar-refractivity contribution >= 4 is 11.3 Å². The fraction of sp³-hybridized carbons (Fsp3) is 0.357. The molecule has 0 saturated carbocycles. The molecular formula is C14H17NO2S. The van der Waals surface area contributed by atoms with Crippen molar-refractivity contribution in [2.75, 3.05) is 0 Å². The number of hydrogen-bond acceptors (Lipinski definition) is 4. The molecule has 2 rings (SSSR count). The van der Waals surface area contributed by atoms with Crippen molar-refractivity contribution in [1.29, 1.82) is 0 Å². The monoisotopic (exact) mass is 263 g/mol. The van der Waals surface area contributed by atoms with Crippen molar-refractivity contribution in [2.45, 2.75) is 33.0 Å². The van der Waals surface area contributed by atoms with Gasteiger partial charge in [0.15, 0.2) is 0 Å². The van der Waals surface area contributed by atoms with Crippen LogP contribution >= 0.6 is 11.3 Å². The Balaban J connectivity index is 2.32. The molecule has 0 aliphatic carbocycles. The molecule has 1 N–H and O–H groups in total. The zero-order valence-electron chi connectivity index (χ0n) is 10.8. The van der Waals surface area contributed by atoms with Gasteiger partial charge in [-0.2, -0.15) is 0 Å². The Morgan fingerprint density at radius 1 is 1.28 bits per heavy atom. The van der Waals surface area contributed by atoms with E-state index in [9.17, 15) is 5.11 Å². The largest absolute Gasteiger partial charge is 0.491 e. The second-order valence-corrected chi connectivity index (χ2v) is 5.65. The van der Waals surface area contributed by atoms with Crippen LogP contribution in [0.15, 0.2) is 30.5 Å². The summed E-state index contributed by atoms with van der Waals surface area (Å²) in [5.41, 5.74) is 0.787. The van der Waals surface area contributed by atoms with Crippen LogP contribution in [-0.4, -0.2) is 16.2 Å². The first-order valence-corrected chi connectivity index (χ1v) is 6.75. The van der Waals surface area contributed by atoms with E-state index in [1.54, 1.807) is 6.20 Å². The maximum Gasteiger partial charge on any atom is 0.125 e. The van der Waals surface area contributed by atoms with Crippen LogP contribution in [0, 0.1) is 6.92 Å². The molecule has 0 aliphatic rings. The van der Waals surface area contributed by atoms with Crippen molar-refractivity contribution in [3.05, 3.63) is 45.9 Å². The number of aliphatic hydroxyl groups excluding tert-OH is 1. The third-order valence-electron chi connectivity index (χ3n) is 2.48. The Kier molecular flexibility index (Phi) is 3.99. The predicted molar refractivity (Wildman–Crippen MR) is 73.1 cm³/mol. The molecule has 0 amide bonds. The van der Waals surface area contributed by atoms with Gasteiger partial charge in [0.2, 0.25) is 0 Å². The van der Waals surface area contributed by atoms with Gasteiger partial charge < -0.3 is 9.84 Å². The van der Waals surface area contributed by atoms with Gasteiger partial charge in [-0.25, -0.2) is 4.98 Å². The van der Waals surface area contributed by atoms with Gasteiger partial charge >= 0.3 is 0 Å². The van der Waals surface area contributed by atoms with Crippen LogP contribution in [-0.2, 0) is 0 Å². The number of para-hydroxylation sites is 1. The highest BCUT2D eigenvalue weighted by molar-refractivity contribution is 7.11. The summed E-state index contributed by atoms with van der Waals surface area (Å²) in [6.07, 6.45) is 1.13. The second-order valence-electron chi connectivity index (χ2n) is 4.39. The predicted octanol–water partition coefficient (Wildman–Crippen LogP) is 3.32. The third-order valence-corrected chi connectivity index (χ3v) is 3.45. The molecule has 18 heavy (non-hydrogen) atoms. The van der Waals surface area contributed by atoms with Gasteiger partial charge in [-0.1, -0.05) is 18.2 Å². The average molecular weight is 263 g/mol. The number of ether oxygens (including phenoxy) is 1. The quantitative estimate of drug-likeness (QED) is 0.920. The van der Waals surface area contributed by atoms with Gasteiger partial charge in [-0.3, -0.25) is 0 Å². The molecule has 0 radical (unpaired) electrons. The van der Waals surface area contributed by atoms with Crippen LogP contribution in [0.1, 0.15) is 35.4 Å². The molecule has 1 aromatic heterocycles. The second kappa shape index (κ2) is 5.50. The number of aromatic nitrogens is 1. The summed E-state index contributed by atoms with van der Waals surface area (Å²) >= 11 is 1.50. The minimum atomic E-state index is -0.675. The van der Waals surface area contributed by atoms with E-state index in [2.05, 4.69) is 4.98 Å². The Morgan fingerprint density at radius 3 is 2.61 bits per heavy atom. The first-order valence-electron chi connectivity index (χ1n) is 5.94. The number of hydrogen-bond donors (Lipinski definition) is 1. The lowest BCUT2D eigenvalue weighted by molar-refractivity contribution is 0.200. The SMILES string of the molecule is Cc1ncc(C(O)c2ccccc2OC(C)C)s1. The summed E-state index contributed by atoms with van der Waals surface area (Å²) in [5, 5.41) is 11.3. The smallest absolute Gasteiger partial charge is 0.125 e. The molecule has 96 valence electrons. The fourth-order valence-corrected chi connectivity index (χ4v) is 2.52. The van der Waals surface area contributed by atoms with Crippen molar-refractivity contribution in [3.63, 3.8) is 0 Å². The lowest BCUT2D eigenvalue weighted by Gasteiger charge is -2.17. The summed E-state index contributed by atoms with van der Waals surface area (Å²) in [6, 6.07) is 7.58. The molecule has 1 aromatic carbocycles. The van der Waals surface area contributed by atoms with Crippen LogP contribution < -0.4 is 4.74 Å². The molecular weight excluding hydrogens is 246 g/mol. The highest BCUT2D eigenvalue weighted by Crippen LogP contribution is 2.32. The zero-order valence-corrected chi connectivity index (χ0v) is 11.6. The van der Waals surface area contributed by atoms with Crippen LogP contribution in [0.5, 0.6) is 5.75 Å². The molecule has 0 bridgehead atoms. The van der Waals surface area contributed by atoms with Crippen LogP contribution in [0.4, 0.5) is 0 Å². The standard InChI is InChI=1S/C14H17NO2S/c1-9(2)17-12-7-5-4-6-11(12)14(16)13-8-15-10(3)18-13/h4-9,14,16H,1-3H3. The van der Waals surface area contributed by atoms with E-state index in [0.717, 1.165) is 21.2 Å². The highest BCUT2D eigenvalue weighted by atomic mass is 32.1. The number of aliphatic hydroxyl groups is 1. The molecule has 0 aliphatic heterocycles. The van der Waals surface area contributed by atoms with E-state index < -0.39 is 6.10 Å². The van der Waals surface area contributed by atoms with Gasteiger partial charge in [-0.15, -0.1) is 11.3 Å². The molecule has 4 heteroatoms. The molecule has 1 unspecified atom stereocenters. The van der Waals surface area contributed by atoms with Gasteiger partial charge in [0.1, 0.15) is 11.9 Å². The Morgan fingerprint density at radius 2 is 2.00 bits per heavy atom. The summed E-state index contributed by atoms with van der Waals surface area (Å²) in [7, 11) is 0. The summed E-state index contributed by atoms with van der Waals surface area (Å²) in [6.45, 7) is 5.87. The number of rotatable bonds is 4. The lowest BCUT2D eigenvalue weighted by Crippen LogP contribution is -2.09. The van der Waals surface area contributed by atoms with E-state index in [4.69, 9.17) is 4.74 Å². The summed E-state index contributed by atoms with van der Waals surface area (Å²) in [4.78, 5) is 5.01. The van der Waals surface area contributed by atoms with Crippen LogP contribution in [0.2, 0.25) is 0 Å². The minimum Gasteiger partial charge on any atom is -0.491 e. The van der Waals surface area contributed by atoms with E-state index in [1.807, 2.05) is 45.0 Å². The number of nitrogens with zero attached hydrogens (tertiary/aromatic N) is 1. The summed E-state index contributed by atoms with van der Waals surface area (Å²) < 4.78 is 5.72. The zero-order chi connectivity index (χ0) is 13.1. The van der Waals surface area contributed by atoms with Crippen molar-refractivity contribution in [2.24, 2.45) is 0 Å². The molecule has 1 atom stereocenters. The van der Waals surface area contributed by atoms with Gasteiger partial charge in [-0.05, 0) is 26.8 Å². The number of benzene rings is 1. The maximum atomic E-state index is 10.4. The van der Waals surface area contributed by atoms with E-state index >= 15 is 0 Å². The normalized spacial score (nSPS) is 12.7. The maximum absolute atomic E-state index is 10.4. The van der Waals surface area contributed by atoms with Gasteiger partial charge in [0.05, 0.1) is 16.0 Å². The molecule has 0 fully saturated rings. The molecule has 0 saturated heterocycles. The summed E-state index contributed by atoms with van der Waals surface area (Å²) in [5.74, 6) is 0.728. The van der Waals surface area contributed by atoms with Crippen LogP contribution in [0.3, 0.4) is 0 Å². The van der Waals surface area contributed by atoms with E-state index in [1.165, 1.54) is 11.3 Å². The Hall–Kier alpha value is -1.39. The highest BCUT2D eigenvalue weighted by Gasteiger charge is 2.17. The molecule has 0 spiro atoms. The molecule has 2 aromatic rings. The third kappa shape index (κ3) is 2.89. The van der Waals surface area contributed by atoms with E-state index in [-0.39, 0.29) is 6.10 Å². The van der Waals surface area contributed by atoms with Crippen molar-refractivity contribution < 1.29 is 9.84 Å². The Labute approximate surface area is 111 Å². The lowest BCUT2D eigenvalue weighted by atomic mass is 10.1. The Bertz CT molecular complexity index is 522. The van der Waals surface area contributed by atoms with Gasteiger partial charge in [0.25, 0.3) is 0 Å². The topological polar surface area (TPSA) is 42.4 Å². The number of aryl methyl sites for hydroxylation is 1. The van der Waals surface area contributed by atoms with Crippen LogP contribution in [0.25, 0.3) is 0 Å².